The number of aromatic amines is 1. The summed E-state index contributed by atoms with van der Waals surface area (Å²) in [6.45, 7) is 4.94. The van der Waals surface area contributed by atoms with Crippen molar-refractivity contribution >= 4 is 11.6 Å². The Hall–Kier alpha value is -3.09. The van der Waals surface area contributed by atoms with E-state index >= 15 is 0 Å². The molecule has 0 saturated heterocycles. The highest BCUT2D eigenvalue weighted by atomic mass is 16.5. The number of aromatic nitrogens is 2. The molecule has 29 heavy (non-hydrogen) atoms. The molecule has 0 fully saturated rings. The minimum Gasteiger partial charge on any atom is -0.494 e. The maximum atomic E-state index is 12.9. The Morgan fingerprint density at radius 3 is 2.55 bits per heavy atom. The number of ether oxygens (including phenoxy) is 1. The molecule has 7 nitrogen and oxygen atoms in total. The van der Waals surface area contributed by atoms with E-state index in [1.165, 1.54) is 0 Å². The SMILES string of the molecule is CCCn1c2c(c(=O)[nH]c1=O)[C@@H](c1ccc(OCC)cc1)C1=C(CCCC1=O)N2. The summed E-state index contributed by atoms with van der Waals surface area (Å²) in [5, 5.41) is 3.27. The van der Waals surface area contributed by atoms with Crippen LogP contribution in [0.3, 0.4) is 0 Å². The molecule has 7 heteroatoms. The number of hydrogen-bond acceptors (Lipinski definition) is 5. The number of H-pyrrole nitrogens is 1. The molecule has 1 aliphatic carbocycles. The molecule has 1 aliphatic heterocycles. The molecule has 0 saturated carbocycles. The van der Waals surface area contributed by atoms with Gasteiger partial charge in [0.05, 0.1) is 12.2 Å². The Balaban J connectivity index is 1.96. The van der Waals surface area contributed by atoms with Crippen LogP contribution in [-0.2, 0) is 11.3 Å². The minimum atomic E-state index is -0.503. The second-order valence-electron chi connectivity index (χ2n) is 7.40. The molecule has 152 valence electrons. The number of anilines is 1. The van der Waals surface area contributed by atoms with E-state index in [1.807, 2.05) is 38.1 Å². The van der Waals surface area contributed by atoms with Gasteiger partial charge in [0.1, 0.15) is 11.6 Å². The van der Waals surface area contributed by atoms with Crippen LogP contribution in [-0.4, -0.2) is 21.9 Å². The Labute approximate surface area is 168 Å². The summed E-state index contributed by atoms with van der Waals surface area (Å²) in [6.07, 6.45) is 2.70. The van der Waals surface area contributed by atoms with Crippen molar-refractivity contribution in [2.24, 2.45) is 0 Å². The molecule has 2 aliphatic rings. The number of ketones is 1. The normalized spacial score (nSPS) is 18.1. The molecule has 1 aromatic heterocycles. The first-order valence-electron chi connectivity index (χ1n) is 10.2. The van der Waals surface area contributed by atoms with Crippen LogP contribution in [0.15, 0.2) is 45.1 Å². The van der Waals surface area contributed by atoms with Gasteiger partial charge in [-0.15, -0.1) is 0 Å². The van der Waals surface area contributed by atoms with Gasteiger partial charge in [-0.25, -0.2) is 4.79 Å². The summed E-state index contributed by atoms with van der Waals surface area (Å²) < 4.78 is 7.10. The molecular weight excluding hydrogens is 370 g/mol. The zero-order valence-electron chi connectivity index (χ0n) is 16.7. The molecule has 0 unspecified atom stereocenters. The second-order valence-corrected chi connectivity index (χ2v) is 7.40. The van der Waals surface area contributed by atoms with Crippen molar-refractivity contribution in [1.29, 1.82) is 0 Å². The quantitative estimate of drug-likeness (QED) is 0.812. The Kier molecular flexibility index (Phi) is 5.13. The van der Waals surface area contributed by atoms with E-state index in [4.69, 9.17) is 4.74 Å². The van der Waals surface area contributed by atoms with Gasteiger partial charge in [-0.05, 0) is 43.9 Å². The zero-order valence-corrected chi connectivity index (χ0v) is 16.7. The third-order valence-corrected chi connectivity index (χ3v) is 5.51. The van der Waals surface area contributed by atoms with Gasteiger partial charge >= 0.3 is 5.69 Å². The highest BCUT2D eigenvalue weighted by molar-refractivity contribution is 6.00. The van der Waals surface area contributed by atoms with Gasteiger partial charge in [0.2, 0.25) is 0 Å². The number of nitrogens with one attached hydrogen (secondary N) is 2. The van der Waals surface area contributed by atoms with Crippen LogP contribution >= 0.6 is 0 Å². The van der Waals surface area contributed by atoms with Crippen LogP contribution in [0, 0.1) is 0 Å². The maximum absolute atomic E-state index is 12.9. The van der Waals surface area contributed by atoms with E-state index in [1.54, 1.807) is 4.57 Å². The number of fused-ring (bicyclic) bond motifs is 1. The third kappa shape index (κ3) is 3.30. The molecular formula is C22H25N3O4. The van der Waals surface area contributed by atoms with Crippen LogP contribution in [0.4, 0.5) is 5.82 Å². The fourth-order valence-corrected chi connectivity index (χ4v) is 4.30. The number of hydrogen-bond donors (Lipinski definition) is 2. The number of benzene rings is 1. The highest BCUT2D eigenvalue weighted by Gasteiger charge is 2.38. The van der Waals surface area contributed by atoms with Gasteiger partial charge in [-0.2, -0.15) is 0 Å². The average molecular weight is 395 g/mol. The first-order valence-corrected chi connectivity index (χ1v) is 10.2. The number of carbonyl (C=O) groups is 1. The number of nitrogens with zero attached hydrogens (tertiary/aromatic N) is 1. The van der Waals surface area contributed by atoms with Crippen molar-refractivity contribution in [3.05, 3.63) is 67.5 Å². The molecule has 2 heterocycles. The van der Waals surface area contributed by atoms with Crippen molar-refractivity contribution in [3.63, 3.8) is 0 Å². The van der Waals surface area contributed by atoms with Crippen LogP contribution in [0.5, 0.6) is 5.75 Å². The Morgan fingerprint density at radius 2 is 1.86 bits per heavy atom. The molecule has 0 amide bonds. The predicted molar refractivity (Wildman–Crippen MR) is 111 cm³/mol. The summed E-state index contributed by atoms with van der Waals surface area (Å²) in [5.41, 5.74) is 1.85. The van der Waals surface area contributed by atoms with Gasteiger partial charge in [0, 0.05) is 30.2 Å². The lowest BCUT2D eigenvalue weighted by molar-refractivity contribution is -0.116. The van der Waals surface area contributed by atoms with Gasteiger partial charge in [0.15, 0.2) is 5.78 Å². The molecule has 0 radical (unpaired) electrons. The lowest BCUT2D eigenvalue weighted by atomic mass is 9.76. The van der Waals surface area contributed by atoms with Crippen molar-refractivity contribution in [2.45, 2.75) is 52.0 Å². The average Bonchev–Trinajstić information content (AvgIpc) is 2.71. The lowest BCUT2D eigenvalue weighted by Crippen LogP contribution is -2.40. The van der Waals surface area contributed by atoms with Crippen LogP contribution in [0.1, 0.15) is 56.6 Å². The van der Waals surface area contributed by atoms with Crippen molar-refractivity contribution in [2.75, 3.05) is 11.9 Å². The number of rotatable bonds is 5. The van der Waals surface area contributed by atoms with Crippen LogP contribution < -0.4 is 21.3 Å². The molecule has 2 aromatic rings. The highest BCUT2D eigenvalue weighted by Crippen LogP contribution is 2.43. The Bertz CT molecular complexity index is 1090. The van der Waals surface area contributed by atoms with E-state index in [2.05, 4.69) is 10.3 Å². The lowest BCUT2D eigenvalue weighted by Gasteiger charge is -2.34. The third-order valence-electron chi connectivity index (χ3n) is 5.51. The number of carbonyl (C=O) groups excluding carboxylic acids is 1. The van der Waals surface area contributed by atoms with Crippen LogP contribution in [0.2, 0.25) is 0 Å². The van der Waals surface area contributed by atoms with E-state index in [0.29, 0.717) is 36.5 Å². The van der Waals surface area contributed by atoms with Crippen molar-refractivity contribution in [1.82, 2.24) is 9.55 Å². The van der Waals surface area contributed by atoms with Gasteiger partial charge in [0.25, 0.3) is 5.56 Å². The number of allylic oxidation sites excluding steroid dienone is 2. The van der Waals surface area contributed by atoms with E-state index in [-0.39, 0.29) is 5.78 Å². The summed E-state index contributed by atoms with van der Waals surface area (Å²) in [4.78, 5) is 40.7. The molecule has 0 bridgehead atoms. The van der Waals surface area contributed by atoms with Gasteiger partial charge in [-0.1, -0.05) is 19.1 Å². The standard InChI is InChI=1S/C22H25N3O4/c1-3-12-25-20-19(21(27)24-22(25)28)17(13-8-10-14(11-9-13)29-4-2)18-15(23-20)6-5-7-16(18)26/h8-11,17,23H,3-7,12H2,1-2H3,(H,24,27,28)/t17-/m0/s1. The van der Waals surface area contributed by atoms with E-state index in [9.17, 15) is 14.4 Å². The predicted octanol–water partition coefficient (Wildman–Crippen LogP) is 2.91. The molecule has 1 aromatic carbocycles. The van der Waals surface area contributed by atoms with Gasteiger partial charge in [-0.3, -0.25) is 19.1 Å². The smallest absolute Gasteiger partial charge is 0.329 e. The fourth-order valence-electron chi connectivity index (χ4n) is 4.30. The van der Waals surface area contributed by atoms with Gasteiger partial charge < -0.3 is 10.1 Å². The minimum absolute atomic E-state index is 0.0518. The monoisotopic (exact) mass is 395 g/mol. The summed E-state index contributed by atoms with van der Waals surface area (Å²) >= 11 is 0. The second kappa shape index (κ2) is 7.73. The molecule has 0 spiro atoms. The van der Waals surface area contributed by atoms with Crippen LogP contribution in [0.25, 0.3) is 0 Å². The van der Waals surface area contributed by atoms with E-state index in [0.717, 1.165) is 36.3 Å². The topological polar surface area (TPSA) is 93.2 Å². The van der Waals surface area contributed by atoms with E-state index < -0.39 is 17.2 Å². The molecule has 1 atom stereocenters. The first-order chi connectivity index (χ1) is 14.0. The molecule has 2 N–H and O–H groups in total. The summed E-state index contributed by atoms with van der Waals surface area (Å²) in [5.74, 6) is 0.792. The van der Waals surface area contributed by atoms with Crippen molar-refractivity contribution in [3.8, 4) is 5.75 Å². The maximum Gasteiger partial charge on any atom is 0.329 e. The summed E-state index contributed by atoms with van der Waals surface area (Å²) in [7, 11) is 0. The number of Topliss-reactive ketones (excluding diaryl/α,β-unsaturated/α-hetero) is 1. The fraction of sp³-hybridized carbons (Fsp3) is 0.409. The Morgan fingerprint density at radius 1 is 1.10 bits per heavy atom. The molecule has 4 rings (SSSR count). The largest absolute Gasteiger partial charge is 0.494 e. The summed E-state index contributed by atoms with van der Waals surface area (Å²) in [6, 6.07) is 7.49. The zero-order chi connectivity index (χ0) is 20.5. The van der Waals surface area contributed by atoms with Crippen molar-refractivity contribution < 1.29 is 9.53 Å². The first kappa shape index (κ1) is 19.2.